The van der Waals surface area contributed by atoms with Gasteiger partial charge in [-0.3, -0.25) is 4.79 Å². The van der Waals surface area contributed by atoms with E-state index in [1.807, 2.05) is 49.1 Å². The Morgan fingerprint density at radius 3 is 2.74 bits per heavy atom. The molecule has 2 heterocycles. The summed E-state index contributed by atoms with van der Waals surface area (Å²) in [6.45, 7) is 5.03. The molecule has 142 valence electrons. The van der Waals surface area contributed by atoms with Crippen LogP contribution in [0, 0.1) is 0 Å². The van der Waals surface area contributed by atoms with Gasteiger partial charge in [-0.15, -0.1) is 0 Å². The summed E-state index contributed by atoms with van der Waals surface area (Å²) in [5.41, 5.74) is 1.18. The van der Waals surface area contributed by atoms with Crippen LogP contribution >= 0.6 is 11.5 Å². The number of nitrogens with one attached hydrogen (secondary N) is 1. The van der Waals surface area contributed by atoms with E-state index in [0.717, 1.165) is 16.7 Å². The van der Waals surface area contributed by atoms with E-state index in [1.165, 1.54) is 17.1 Å². The molecule has 1 aromatic carbocycles. The van der Waals surface area contributed by atoms with Gasteiger partial charge in [-0.2, -0.15) is 4.37 Å². The Morgan fingerprint density at radius 1 is 1.22 bits per heavy atom. The van der Waals surface area contributed by atoms with Crippen molar-refractivity contribution in [3.05, 3.63) is 65.9 Å². The largest absolute Gasteiger partial charge is 0.467 e. The highest BCUT2D eigenvalue weighted by Crippen LogP contribution is 2.21. The van der Waals surface area contributed by atoms with Gasteiger partial charge in [0.2, 0.25) is 11.0 Å². The molecule has 7 heteroatoms. The number of hydrogen-bond acceptors (Lipinski definition) is 6. The second kappa shape index (κ2) is 9.32. The number of hydrogen-bond donors (Lipinski definition) is 1. The number of anilines is 1. The summed E-state index contributed by atoms with van der Waals surface area (Å²) in [4.78, 5) is 18.8. The van der Waals surface area contributed by atoms with E-state index in [0.29, 0.717) is 25.9 Å². The third-order valence-electron chi connectivity index (χ3n) is 3.92. The first-order valence-corrected chi connectivity index (χ1v) is 9.80. The van der Waals surface area contributed by atoms with Crippen molar-refractivity contribution in [1.82, 2.24) is 14.7 Å². The highest BCUT2D eigenvalue weighted by molar-refractivity contribution is 7.09. The Morgan fingerprint density at radius 2 is 2.04 bits per heavy atom. The van der Waals surface area contributed by atoms with Crippen LogP contribution < -0.4 is 10.2 Å². The minimum Gasteiger partial charge on any atom is -0.467 e. The highest BCUT2D eigenvalue weighted by atomic mass is 32.1. The number of carbonyl (C=O) groups is 1. The average molecular weight is 385 g/mol. The van der Waals surface area contributed by atoms with Crippen molar-refractivity contribution >= 4 is 22.6 Å². The Balaban J connectivity index is 1.69. The first kappa shape index (κ1) is 19.1. The molecule has 0 spiro atoms. The molecule has 0 aliphatic carbocycles. The van der Waals surface area contributed by atoms with Crippen LogP contribution in [-0.2, 0) is 17.8 Å². The van der Waals surface area contributed by atoms with Gasteiger partial charge in [-0.1, -0.05) is 30.3 Å². The number of amides is 1. The number of nitrogens with zero attached hydrogens (tertiary/aromatic N) is 3. The molecule has 0 saturated heterocycles. The maximum atomic E-state index is 12.0. The fourth-order valence-corrected chi connectivity index (χ4v) is 3.40. The van der Waals surface area contributed by atoms with Crippen LogP contribution in [0.3, 0.4) is 0 Å². The molecule has 1 N–H and O–H groups in total. The number of benzene rings is 1. The molecule has 1 amide bonds. The second-order valence-corrected chi connectivity index (χ2v) is 7.36. The van der Waals surface area contributed by atoms with Crippen molar-refractivity contribution < 1.29 is 9.21 Å². The van der Waals surface area contributed by atoms with Crippen molar-refractivity contribution in [2.45, 2.75) is 39.3 Å². The van der Waals surface area contributed by atoms with Gasteiger partial charge in [0.15, 0.2) is 0 Å². The van der Waals surface area contributed by atoms with Crippen LogP contribution in [0.25, 0.3) is 0 Å². The lowest BCUT2D eigenvalue weighted by molar-refractivity contribution is -0.121. The lowest BCUT2D eigenvalue weighted by Gasteiger charge is -2.20. The summed E-state index contributed by atoms with van der Waals surface area (Å²) in [6.07, 6.45) is 2.74. The van der Waals surface area contributed by atoms with Gasteiger partial charge in [0.1, 0.15) is 11.6 Å². The minimum absolute atomic E-state index is 0.0310. The zero-order valence-corrected chi connectivity index (χ0v) is 16.4. The summed E-state index contributed by atoms with van der Waals surface area (Å²) in [6, 6.07) is 14.1. The predicted molar refractivity (Wildman–Crippen MR) is 107 cm³/mol. The third-order valence-corrected chi connectivity index (χ3v) is 4.73. The van der Waals surface area contributed by atoms with E-state index in [-0.39, 0.29) is 11.9 Å². The molecule has 2 aromatic heterocycles. The maximum absolute atomic E-state index is 12.0. The molecular formula is C20H24N4O2S. The maximum Gasteiger partial charge on any atom is 0.221 e. The number of rotatable bonds is 9. The zero-order chi connectivity index (χ0) is 19.1. The topological polar surface area (TPSA) is 71.3 Å². The first-order valence-electron chi connectivity index (χ1n) is 9.03. The number of furan rings is 1. The smallest absolute Gasteiger partial charge is 0.221 e. The quantitative estimate of drug-likeness (QED) is 0.610. The molecule has 0 atom stereocenters. The standard InChI is InChI=1S/C20H24N4O2S/c1-15(2)21-19(25)10-11-24(14-17-9-6-12-26-17)20-22-18(23-27-20)13-16-7-4-3-5-8-16/h3-9,12,15H,10-11,13-14H2,1-2H3,(H,21,25). The summed E-state index contributed by atoms with van der Waals surface area (Å²) >= 11 is 1.36. The molecule has 27 heavy (non-hydrogen) atoms. The predicted octanol–water partition coefficient (Wildman–Crippen LogP) is 3.64. The van der Waals surface area contributed by atoms with E-state index in [2.05, 4.69) is 26.8 Å². The second-order valence-electron chi connectivity index (χ2n) is 6.63. The lowest BCUT2D eigenvalue weighted by Crippen LogP contribution is -2.34. The molecule has 3 aromatic rings. The molecular weight excluding hydrogens is 360 g/mol. The molecule has 0 fully saturated rings. The summed E-state index contributed by atoms with van der Waals surface area (Å²) < 4.78 is 9.97. The van der Waals surface area contributed by atoms with Gasteiger partial charge in [0, 0.05) is 37.0 Å². The monoisotopic (exact) mass is 384 g/mol. The minimum atomic E-state index is 0.0310. The molecule has 0 saturated carbocycles. The molecule has 0 unspecified atom stereocenters. The van der Waals surface area contributed by atoms with E-state index in [4.69, 9.17) is 4.42 Å². The van der Waals surface area contributed by atoms with Crippen molar-refractivity contribution in [2.75, 3.05) is 11.4 Å². The Labute approximate surface area is 163 Å². The van der Waals surface area contributed by atoms with Crippen molar-refractivity contribution in [3.63, 3.8) is 0 Å². The van der Waals surface area contributed by atoms with Crippen molar-refractivity contribution in [1.29, 1.82) is 0 Å². The lowest BCUT2D eigenvalue weighted by atomic mass is 10.1. The summed E-state index contributed by atoms with van der Waals surface area (Å²) in [7, 11) is 0. The Hall–Kier alpha value is -2.67. The molecule has 0 radical (unpaired) electrons. The fourth-order valence-electron chi connectivity index (χ4n) is 2.69. The van der Waals surface area contributed by atoms with Gasteiger partial charge >= 0.3 is 0 Å². The number of carbonyl (C=O) groups excluding carboxylic acids is 1. The zero-order valence-electron chi connectivity index (χ0n) is 15.6. The Kier molecular flexibility index (Phi) is 6.59. The number of aromatic nitrogens is 2. The van der Waals surface area contributed by atoms with Gasteiger partial charge < -0.3 is 14.6 Å². The first-order chi connectivity index (χ1) is 13.1. The van der Waals surface area contributed by atoms with Crippen LogP contribution in [0.2, 0.25) is 0 Å². The average Bonchev–Trinajstić information content (AvgIpc) is 3.31. The van der Waals surface area contributed by atoms with E-state index >= 15 is 0 Å². The summed E-state index contributed by atoms with van der Waals surface area (Å²) in [5, 5.41) is 3.73. The van der Waals surface area contributed by atoms with Crippen LogP contribution in [0.1, 0.15) is 37.4 Å². The normalized spacial score (nSPS) is 10.9. The summed E-state index contributed by atoms with van der Waals surface area (Å²) in [5.74, 6) is 1.65. The third kappa shape index (κ3) is 5.92. The molecule has 0 bridgehead atoms. The van der Waals surface area contributed by atoms with Gasteiger partial charge in [0.25, 0.3) is 0 Å². The van der Waals surface area contributed by atoms with E-state index < -0.39 is 0 Å². The molecule has 0 aliphatic heterocycles. The van der Waals surface area contributed by atoms with Gasteiger partial charge in [0.05, 0.1) is 12.8 Å². The fraction of sp³-hybridized carbons (Fsp3) is 0.350. The van der Waals surface area contributed by atoms with Crippen LogP contribution in [0.4, 0.5) is 5.13 Å². The Bertz CT molecular complexity index is 831. The van der Waals surface area contributed by atoms with Crippen LogP contribution in [0.5, 0.6) is 0 Å². The van der Waals surface area contributed by atoms with E-state index in [1.54, 1.807) is 6.26 Å². The molecule has 0 aliphatic rings. The van der Waals surface area contributed by atoms with Crippen LogP contribution in [-0.4, -0.2) is 27.9 Å². The van der Waals surface area contributed by atoms with Crippen molar-refractivity contribution in [3.8, 4) is 0 Å². The van der Waals surface area contributed by atoms with Crippen molar-refractivity contribution in [2.24, 2.45) is 0 Å². The van der Waals surface area contributed by atoms with Crippen LogP contribution in [0.15, 0.2) is 53.1 Å². The molecule has 3 rings (SSSR count). The van der Waals surface area contributed by atoms with Gasteiger partial charge in [-0.05, 0) is 31.5 Å². The van der Waals surface area contributed by atoms with E-state index in [9.17, 15) is 4.79 Å². The van der Waals surface area contributed by atoms with Gasteiger partial charge in [-0.25, -0.2) is 4.98 Å². The highest BCUT2D eigenvalue weighted by Gasteiger charge is 2.16. The SMILES string of the molecule is CC(C)NC(=O)CCN(Cc1ccco1)c1nc(Cc2ccccc2)ns1. The molecule has 6 nitrogen and oxygen atoms in total.